The molecular formula is CH3NO3Si. The molecule has 0 aliphatic heterocycles. The first-order valence-electron chi connectivity index (χ1n) is 1.14. The summed E-state index contributed by atoms with van der Waals surface area (Å²) in [5.41, 5.74) is 0.910. The first-order chi connectivity index (χ1) is 2.56. The van der Waals surface area contributed by atoms with E-state index in [0.717, 1.165) is 5.69 Å². The Balaban J connectivity index is 3.55. The number of nitrogens with zero attached hydrogens (tertiary/aromatic N) is 1. The molecule has 3 N–H and O–H groups in total. The van der Waals surface area contributed by atoms with Gasteiger partial charge < -0.3 is 14.4 Å². The van der Waals surface area contributed by atoms with Crippen LogP contribution in [0.3, 0.4) is 0 Å². The molecule has 0 bridgehead atoms. The van der Waals surface area contributed by atoms with Gasteiger partial charge in [-0.05, 0) is 0 Å². The Bertz CT molecular complexity index is 77.8. The van der Waals surface area contributed by atoms with Crippen LogP contribution in [0.4, 0.5) is 0 Å². The minimum Gasteiger partial charge on any atom is -0.379 e. The van der Waals surface area contributed by atoms with Gasteiger partial charge in [0.2, 0.25) is 0 Å². The highest BCUT2D eigenvalue weighted by molar-refractivity contribution is 6.64. The van der Waals surface area contributed by atoms with E-state index in [-0.39, 0.29) is 0 Å². The molecule has 34 valence electrons. The molecule has 0 rings (SSSR count). The molecule has 4 nitrogen and oxygen atoms in total. The summed E-state index contributed by atoms with van der Waals surface area (Å²) >= 11 is 0. The summed E-state index contributed by atoms with van der Waals surface area (Å²) < 4.78 is 0. The minimum atomic E-state index is -4.33. The van der Waals surface area contributed by atoms with Crippen molar-refractivity contribution in [1.29, 1.82) is 5.26 Å². The Labute approximate surface area is 35.3 Å². The van der Waals surface area contributed by atoms with Crippen LogP contribution in [-0.4, -0.2) is 23.2 Å². The third-order valence-electron chi connectivity index (χ3n) is 0.150. The fourth-order valence-corrected chi connectivity index (χ4v) is 0. The van der Waals surface area contributed by atoms with Crippen molar-refractivity contribution in [3.63, 3.8) is 0 Å². The van der Waals surface area contributed by atoms with Crippen LogP contribution in [0.5, 0.6) is 0 Å². The first kappa shape index (κ1) is 5.59. The van der Waals surface area contributed by atoms with Gasteiger partial charge in [0.25, 0.3) is 0 Å². The second-order valence-electron chi connectivity index (χ2n) is 0.747. The van der Waals surface area contributed by atoms with Crippen molar-refractivity contribution in [1.82, 2.24) is 0 Å². The fraction of sp³-hybridized carbons (Fsp3) is 0. The third kappa shape index (κ3) is 3.59. The van der Waals surface area contributed by atoms with Crippen LogP contribution in [0.2, 0.25) is 0 Å². The van der Waals surface area contributed by atoms with Crippen LogP contribution in [0.1, 0.15) is 0 Å². The number of rotatable bonds is 0. The molecule has 0 aliphatic carbocycles. The van der Waals surface area contributed by atoms with E-state index < -0.39 is 8.80 Å². The van der Waals surface area contributed by atoms with Crippen molar-refractivity contribution in [3.05, 3.63) is 0 Å². The van der Waals surface area contributed by atoms with Crippen molar-refractivity contribution in [3.8, 4) is 5.69 Å². The van der Waals surface area contributed by atoms with Crippen molar-refractivity contribution in [2.75, 3.05) is 0 Å². The molecule has 0 aromatic heterocycles. The third-order valence-corrected chi connectivity index (χ3v) is 0.450. The number of nitriles is 1. The monoisotopic (exact) mass is 105 g/mol. The zero-order chi connectivity index (χ0) is 5.21. The predicted octanol–water partition coefficient (Wildman–Crippen LogP) is -2.04. The van der Waals surface area contributed by atoms with Gasteiger partial charge in [0, 0.05) is 0 Å². The van der Waals surface area contributed by atoms with Crippen LogP contribution in [-0.2, 0) is 0 Å². The van der Waals surface area contributed by atoms with E-state index in [1.807, 2.05) is 0 Å². The summed E-state index contributed by atoms with van der Waals surface area (Å²) in [5.74, 6) is 0. The molecule has 0 aliphatic rings. The van der Waals surface area contributed by atoms with E-state index >= 15 is 0 Å². The van der Waals surface area contributed by atoms with Gasteiger partial charge in [0.05, 0.1) is 0 Å². The Morgan fingerprint density at radius 3 is 1.50 bits per heavy atom. The summed E-state index contributed by atoms with van der Waals surface area (Å²) in [5, 5.41) is 7.46. The molecule has 0 heterocycles. The molecule has 0 amide bonds. The lowest BCUT2D eigenvalue weighted by molar-refractivity contribution is 0.250. The highest BCUT2D eigenvalue weighted by Gasteiger charge is 2.25. The van der Waals surface area contributed by atoms with Crippen LogP contribution >= 0.6 is 0 Å². The van der Waals surface area contributed by atoms with Gasteiger partial charge in [-0.3, -0.25) is 0 Å². The van der Waals surface area contributed by atoms with Gasteiger partial charge >= 0.3 is 8.80 Å². The van der Waals surface area contributed by atoms with Crippen molar-refractivity contribution >= 4 is 8.80 Å². The molecule has 0 atom stereocenters. The normalized spacial score (nSPS) is 10.3. The Kier molecular flexibility index (Phi) is 1.27. The molecule has 0 saturated carbocycles. The van der Waals surface area contributed by atoms with Crippen LogP contribution < -0.4 is 0 Å². The molecule has 6 heavy (non-hydrogen) atoms. The topological polar surface area (TPSA) is 84.5 Å². The van der Waals surface area contributed by atoms with Gasteiger partial charge in [-0.2, -0.15) is 5.26 Å². The molecule has 0 spiro atoms. The van der Waals surface area contributed by atoms with Gasteiger partial charge in [0.1, 0.15) is 5.69 Å². The van der Waals surface area contributed by atoms with E-state index in [1.54, 1.807) is 0 Å². The quantitative estimate of drug-likeness (QED) is 0.310. The van der Waals surface area contributed by atoms with Crippen molar-refractivity contribution < 1.29 is 14.4 Å². The lowest BCUT2D eigenvalue weighted by Gasteiger charge is -1.90. The number of hydrogen-bond acceptors (Lipinski definition) is 4. The van der Waals surface area contributed by atoms with Crippen LogP contribution in [0.15, 0.2) is 0 Å². The Morgan fingerprint density at radius 2 is 1.50 bits per heavy atom. The first-order valence-corrected chi connectivity index (χ1v) is 2.99. The van der Waals surface area contributed by atoms with Gasteiger partial charge in [-0.1, -0.05) is 0 Å². The smallest absolute Gasteiger partial charge is 0.379 e. The minimum absolute atomic E-state index is 0.910. The maximum atomic E-state index is 7.72. The van der Waals surface area contributed by atoms with E-state index in [4.69, 9.17) is 19.6 Å². The zero-order valence-electron chi connectivity index (χ0n) is 2.79. The van der Waals surface area contributed by atoms with Crippen molar-refractivity contribution in [2.45, 2.75) is 0 Å². The molecule has 5 heteroatoms. The Hall–Kier alpha value is -0.413. The molecule has 0 saturated heterocycles. The Morgan fingerprint density at radius 1 is 1.33 bits per heavy atom. The van der Waals surface area contributed by atoms with Crippen LogP contribution in [0, 0.1) is 11.0 Å². The molecular weight excluding hydrogens is 102 g/mol. The van der Waals surface area contributed by atoms with E-state index in [9.17, 15) is 0 Å². The fourth-order valence-electron chi connectivity index (χ4n) is 0. The second kappa shape index (κ2) is 1.36. The molecule has 0 radical (unpaired) electrons. The maximum Gasteiger partial charge on any atom is 0.610 e. The average Bonchev–Trinajstić information content (AvgIpc) is 1.35. The zero-order valence-corrected chi connectivity index (χ0v) is 3.79. The van der Waals surface area contributed by atoms with Gasteiger partial charge in [-0.25, -0.2) is 0 Å². The highest BCUT2D eigenvalue weighted by Crippen LogP contribution is 1.74. The SMILES string of the molecule is N#C[Si](O)(O)O. The molecule has 0 unspecified atom stereocenters. The lowest BCUT2D eigenvalue weighted by Crippen LogP contribution is -2.32. The standard InChI is InChI=1S/CH3NO3Si/c2-1-6(3,4)5/h3-5H. The molecule has 0 aromatic rings. The predicted molar refractivity (Wildman–Crippen MR) is 18.0 cm³/mol. The highest BCUT2D eigenvalue weighted by atomic mass is 28.4. The van der Waals surface area contributed by atoms with Crippen molar-refractivity contribution in [2.24, 2.45) is 0 Å². The van der Waals surface area contributed by atoms with Crippen LogP contribution in [0.25, 0.3) is 0 Å². The van der Waals surface area contributed by atoms with E-state index in [2.05, 4.69) is 0 Å². The average molecular weight is 105 g/mol. The largest absolute Gasteiger partial charge is 0.610 e. The second-order valence-corrected chi connectivity index (χ2v) is 2.24. The van der Waals surface area contributed by atoms with Gasteiger partial charge in [-0.15, -0.1) is 0 Å². The molecule has 0 aromatic carbocycles. The summed E-state index contributed by atoms with van der Waals surface area (Å²) in [6, 6.07) is 0. The van der Waals surface area contributed by atoms with E-state index in [0.29, 0.717) is 0 Å². The summed E-state index contributed by atoms with van der Waals surface area (Å²) in [7, 11) is -4.33. The van der Waals surface area contributed by atoms with E-state index in [1.165, 1.54) is 0 Å². The molecule has 0 fully saturated rings. The summed E-state index contributed by atoms with van der Waals surface area (Å²) in [6.45, 7) is 0. The summed E-state index contributed by atoms with van der Waals surface area (Å²) in [6.07, 6.45) is 0. The van der Waals surface area contributed by atoms with Gasteiger partial charge in [0.15, 0.2) is 0 Å². The number of hydrogen-bond donors (Lipinski definition) is 3. The maximum absolute atomic E-state index is 7.72. The summed E-state index contributed by atoms with van der Waals surface area (Å²) in [4.78, 5) is 23.1. The lowest BCUT2D eigenvalue weighted by atomic mass is 11.8.